The Hall–Kier alpha value is -3.78. The van der Waals surface area contributed by atoms with Crippen LogP contribution in [0.25, 0.3) is 10.2 Å². The molecule has 0 aliphatic rings. The van der Waals surface area contributed by atoms with Crippen molar-refractivity contribution in [3.63, 3.8) is 0 Å². The van der Waals surface area contributed by atoms with Crippen LogP contribution in [0.4, 0.5) is 11.4 Å². The molecule has 0 spiro atoms. The number of amides is 2. The van der Waals surface area contributed by atoms with Crippen LogP contribution < -0.4 is 16.2 Å². The van der Waals surface area contributed by atoms with Crippen LogP contribution in [0.2, 0.25) is 0 Å². The highest BCUT2D eigenvalue weighted by atomic mass is 32.1. The molecule has 0 bridgehead atoms. The van der Waals surface area contributed by atoms with Crippen LogP contribution in [0, 0.1) is 13.8 Å². The van der Waals surface area contributed by atoms with Gasteiger partial charge < -0.3 is 10.6 Å². The highest BCUT2D eigenvalue weighted by Gasteiger charge is 2.20. The van der Waals surface area contributed by atoms with Crippen LogP contribution in [0.3, 0.4) is 0 Å². The van der Waals surface area contributed by atoms with Crippen molar-refractivity contribution in [3.8, 4) is 0 Å². The Bertz CT molecular complexity index is 1320. The van der Waals surface area contributed by atoms with E-state index in [9.17, 15) is 14.4 Å². The number of aromatic nitrogens is 2. The van der Waals surface area contributed by atoms with E-state index < -0.39 is 0 Å². The number of carbonyl (C=O) groups excluding carboxylic acids is 2. The molecule has 0 unspecified atom stereocenters. The van der Waals surface area contributed by atoms with Crippen molar-refractivity contribution in [1.29, 1.82) is 0 Å². The maximum Gasteiger partial charge on any atom is 0.266 e. The first-order valence-electron chi connectivity index (χ1n) is 9.64. The number of fused-ring (bicyclic) bond motifs is 1. The number of aryl methyl sites for hydroxylation is 2. The number of hydrogen-bond acceptors (Lipinski definition) is 5. The zero-order chi connectivity index (χ0) is 22.0. The first-order chi connectivity index (χ1) is 14.9. The molecule has 0 aliphatic carbocycles. The van der Waals surface area contributed by atoms with Gasteiger partial charge in [0.2, 0.25) is 5.91 Å². The highest BCUT2D eigenvalue weighted by Crippen LogP contribution is 2.27. The summed E-state index contributed by atoms with van der Waals surface area (Å²) in [5, 5.41) is 5.95. The van der Waals surface area contributed by atoms with Gasteiger partial charge in [-0.3, -0.25) is 19.0 Å². The molecule has 0 atom stereocenters. The second kappa shape index (κ2) is 8.53. The minimum Gasteiger partial charge on any atom is -0.325 e. The Labute approximate surface area is 182 Å². The van der Waals surface area contributed by atoms with Crippen molar-refractivity contribution in [3.05, 3.63) is 87.3 Å². The summed E-state index contributed by atoms with van der Waals surface area (Å²) in [6.07, 6.45) is 1.34. The monoisotopic (exact) mass is 432 g/mol. The van der Waals surface area contributed by atoms with Gasteiger partial charge in [-0.05, 0) is 43.7 Å². The molecule has 2 heterocycles. The Morgan fingerprint density at radius 2 is 1.65 bits per heavy atom. The third kappa shape index (κ3) is 4.39. The van der Waals surface area contributed by atoms with E-state index in [1.807, 2.05) is 37.3 Å². The van der Waals surface area contributed by atoms with Gasteiger partial charge in [-0.1, -0.05) is 35.9 Å². The first-order valence-corrected chi connectivity index (χ1v) is 10.5. The van der Waals surface area contributed by atoms with Gasteiger partial charge >= 0.3 is 0 Å². The maximum atomic E-state index is 13.0. The standard InChI is InChI=1S/C23H20N4O3S/c1-14-8-10-17(11-9-14)25-18(28)12-27-13-24-22-19(23(27)30)15(2)20(31-22)21(29)26-16-6-4-3-5-7-16/h3-11,13H,12H2,1-2H3,(H,25,28)(H,26,29). The molecule has 2 aromatic carbocycles. The fourth-order valence-electron chi connectivity index (χ4n) is 3.19. The first kappa shape index (κ1) is 20.5. The molecule has 0 saturated carbocycles. The summed E-state index contributed by atoms with van der Waals surface area (Å²) < 4.78 is 1.25. The smallest absolute Gasteiger partial charge is 0.266 e. The minimum absolute atomic E-state index is 0.170. The number of benzene rings is 2. The number of anilines is 2. The van der Waals surface area contributed by atoms with Gasteiger partial charge in [0.05, 0.1) is 16.6 Å². The van der Waals surface area contributed by atoms with E-state index >= 15 is 0 Å². The summed E-state index contributed by atoms with van der Waals surface area (Å²) >= 11 is 1.16. The zero-order valence-electron chi connectivity index (χ0n) is 17.0. The SMILES string of the molecule is Cc1ccc(NC(=O)Cn2cnc3sc(C(=O)Nc4ccccc4)c(C)c3c2=O)cc1. The number of nitrogens with zero attached hydrogens (tertiary/aromatic N) is 2. The van der Waals surface area contributed by atoms with E-state index in [0.717, 1.165) is 16.9 Å². The normalized spacial score (nSPS) is 10.8. The number of thiophene rings is 1. The van der Waals surface area contributed by atoms with Gasteiger partial charge in [0.1, 0.15) is 11.4 Å². The second-order valence-electron chi connectivity index (χ2n) is 7.15. The van der Waals surface area contributed by atoms with Crippen LogP contribution in [0.15, 0.2) is 65.7 Å². The van der Waals surface area contributed by atoms with Gasteiger partial charge in [-0.15, -0.1) is 11.3 Å². The van der Waals surface area contributed by atoms with E-state index in [-0.39, 0.29) is 23.9 Å². The van der Waals surface area contributed by atoms with Crippen molar-refractivity contribution in [1.82, 2.24) is 9.55 Å². The molecule has 2 N–H and O–H groups in total. The van der Waals surface area contributed by atoms with E-state index in [2.05, 4.69) is 15.6 Å². The molecule has 7 nitrogen and oxygen atoms in total. The highest BCUT2D eigenvalue weighted by molar-refractivity contribution is 7.20. The molecule has 0 fully saturated rings. The lowest BCUT2D eigenvalue weighted by Crippen LogP contribution is -2.28. The summed E-state index contributed by atoms with van der Waals surface area (Å²) in [5.41, 5.74) is 2.62. The van der Waals surface area contributed by atoms with Gasteiger partial charge in [-0.25, -0.2) is 4.98 Å². The van der Waals surface area contributed by atoms with E-state index in [1.165, 1.54) is 10.9 Å². The van der Waals surface area contributed by atoms with Crippen molar-refractivity contribution in [2.75, 3.05) is 10.6 Å². The molecule has 31 heavy (non-hydrogen) atoms. The van der Waals surface area contributed by atoms with Gasteiger partial charge in [0.15, 0.2) is 0 Å². The lowest BCUT2D eigenvalue weighted by atomic mass is 10.2. The van der Waals surface area contributed by atoms with Crippen LogP contribution >= 0.6 is 11.3 Å². The summed E-state index contributed by atoms with van der Waals surface area (Å²) in [6.45, 7) is 3.51. The molecule has 0 aliphatic heterocycles. The largest absolute Gasteiger partial charge is 0.325 e. The average Bonchev–Trinajstić information content (AvgIpc) is 3.10. The Morgan fingerprint density at radius 3 is 2.35 bits per heavy atom. The third-order valence-corrected chi connectivity index (χ3v) is 6.00. The lowest BCUT2D eigenvalue weighted by molar-refractivity contribution is -0.116. The van der Waals surface area contributed by atoms with Crippen LogP contribution in [-0.4, -0.2) is 21.4 Å². The van der Waals surface area contributed by atoms with Gasteiger partial charge in [0.25, 0.3) is 11.5 Å². The predicted octanol–water partition coefficient (Wildman–Crippen LogP) is 3.97. The van der Waals surface area contributed by atoms with Crippen molar-refractivity contribution in [2.45, 2.75) is 20.4 Å². The minimum atomic E-state index is -0.350. The molecule has 156 valence electrons. The summed E-state index contributed by atoms with van der Waals surface area (Å²) in [4.78, 5) is 43.3. The molecule has 0 radical (unpaired) electrons. The van der Waals surface area contributed by atoms with Crippen molar-refractivity contribution >= 4 is 44.7 Å². The maximum absolute atomic E-state index is 13.0. The zero-order valence-corrected chi connectivity index (χ0v) is 17.8. The van der Waals surface area contributed by atoms with Crippen molar-refractivity contribution in [2.24, 2.45) is 0 Å². The van der Waals surface area contributed by atoms with E-state index in [0.29, 0.717) is 32.0 Å². The number of nitrogens with one attached hydrogen (secondary N) is 2. The molecule has 4 rings (SSSR count). The molecular weight excluding hydrogens is 412 g/mol. The number of rotatable bonds is 5. The molecule has 2 amide bonds. The van der Waals surface area contributed by atoms with Gasteiger partial charge in [0, 0.05) is 11.4 Å². The predicted molar refractivity (Wildman–Crippen MR) is 123 cm³/mol. The second-order valence-corrected chi connectivity index (χ2v) is 8.15. The van der Waals surface area contributed by atoms with Crippen LogP contribution in [0.1, 0.15) is 20.8 Å². The van der Waals surface area contributed by atoms with Crippen LogP contribution in [0.5, 0.6) is 0 Å². The third-order valence-electron chi connectivity index (χ3n) is 4.80. The Morgan fingerprint density at radius 1 is 0.968 bits per heavy atom. The summed E-state index contributed by atoms with van der Waals surface area (Å²) in [6, 6.07) is 16.5. The van der Waals surface area contributed by atoms with Gasteiger partial charge in [-0.2, -0.15) is 0 Å². The molecule has 8 heteroatoms. The Kier molecular flexibility index (Phi) is 5.64. The molecule has 4 aromatic rings. The summed E-state index contributed by atoms with van der Waals surface area (Å²) in [7, 11) is 0. The average molecular weight is 433 g/mol. The quantitative estimate of drug-likeness (QED) is 0.499. The van der Waals surface area contributed by atoms with Crippen LogP contribution in [-0.2, 0) is 11.3 Å². The fourth-order valence-corrected chi connectivity index (χ4v) is 4.22. The topological polar surface area (TPSA) is 93.1 Å². The molecule has 0 saturated heterocycles. The summed E-state index contributed by atoms with van der Waals surface area (Å²) in [5.74, 6) is -0.628. The van der Waals surface area contributed by atoms with E-state index in [4.69, 9.17) is 0 Å². The van der Waals surface area contributed by atoms with E-state index in [1.54, 1.807) is 31.2 Å². The van der Waals surface area contributed by atoms with Crippen molar-refractivity contribution < 1.29 is 9.59 Å². The number of para-hydroxylation sites is 1. The molecular formula is C23H20N4O3S. The number of carbonyl (C=O) groups is 2. The molecule has 2 aromatic heterocycles. The fraction of sp³-hybridized carbons (Fsp3) is 0.130. The Balaban J connectivity index is 1.57. The number of hydrogen-bond donors (Lipinski definition) is 2. The lowest BCUT2D eigenvalue weighted by Gasteiger charge is -2.07.